The van der Waals surface area contributed by atoms with E-state index in [1.165, 1.54) is 13.3 Å². The van der Waals surface area contributed by atoms with Crippen LogP contribution in [-0.2, 0) is 27.8 Å². The number of anilines is 1. The van der Waals surface area contributed by atoms with Crippen LogP contribution < -0.4 is 5.73 Å². The zero-order chi connectivity index (χ0) is 19.4. The van der Waals surface area contributed by atoms with E-state index in [2.05, 4.69) is 15.0 Å². The van der Waals surface area contributed by atoms with Crippen LogP contribution in [0, 0.1) is 0 Å². The Morgan fingerprint density at radius 1 is 1.44 bits per heavy atom. The molecule has 13 heteroatoms. The van der Waals surface area contributed by atoms with Crippen molar-refractivity contribution >= 4 is 38.3 Å². The van der Waals surface area contributed by atoms with E-state index in [4.69, 9.17) is 28.8 Å². The summed E-state index contributed by atoms with van der Waals surface area (Å²) >= 11 is 0. The topological polar surface area (TPSA) is 133 Å². The van der Waals surface area contributed by atoms with Gasteiger partial charge in [0, 0.05) is 0 Å². The van der Waals surface area contributed by atoms with Gasteiger partial charge in [-0.2, -0.15) is 0 Å². The monoisotopic (exact) mass is 399 g/mol. The second kappa shape index (κ2) is 8.45. The van der Waals surface area contributed by atoms with Gasteiger partial charge in [0.05, 0.1) is 0 Å². The molecule has 3 heterocycles. The summed E-state index contributed by atoms with van der Waals surface area (Å²) in [5.41, 5.74) is 6.96. The van der Waals surface area contributed by atoms with Gasteiger partial charge in [0.2, 0.25) is 0 Å². The Bertz CT molecular complexity index is 809. The van der Waals surface area contributed by atoms with Gasteiger partial charge in [-0.3, -0.25) is 0 Å². The van der Waals surface area contributed by atoms with Crippen molar-refractivity contribution in [3.05, 3.63) is 12.7 Å². The number of hydrogen-bond acceptors (Lipinski definition) is 10. The number of fused-ring (bicyclic) bond motifs is 1. The van der Waals surface area contributed by atoms with Crippen LogP contribution in [0.2, 0.25) is 0 Å². The average Bonchev–Trinajstić information content (AvgIpc) is 3.05. The van der Waals surface area contributed by atoms with Crippen molar-refractivity contribution in [3.8, 4) is 0 Å². The molecule has 3 rings (SSSR count). The van der Waals surface area contributed by atoms with Crippen LogP contribution in [0.5, 0.6) is 0 Å². The molecule has 0 bridgehead atoms. The molecule has 0 radical (unpaired) electrons. The summed E-state index contributed by atoms with van der Waals surface area (Å²) in [6, 6.07) is 0. The SMILES string of the molecule is B[PH]1(OCOC(C)=O)OCC[C@H](n2cnc3c(N)ncnc32)O[C@@H](C)CO1. The molecule has 1 aliphatic heterocycles. The maximum absolute atomic E-state index is 10.9. The number of rotatable bonds is 4. The number of nitrogens with two attached hydrogens (primary N) is 1. The number of hydrogen-bond donors (Lipinski definition) is 1. The maximum atomic E-state index is 10.9. The molecular weight excluding hydrogens is 376 g/mol. The van der Waals surface area contributed by atoms with Gasteiger partial charge < -0.3 is 0 Å². The molecule has 0 aromatic carbocycles. The molecule has 0 amide bonds. The first-order valence-electron chi connectivity index (χ1n) is 8.51. The molecule has 1 saturated heterocycles. The van der Waals surface area contributed by atoms with Gasteiger partial charge in [-0.25, -0.2) is 0 Å². The molecular formula is C14H23BN5O6P. The van der Waals surface area contributed by atoms with E-state index in [1.54, 1.807) is 18.5 Å². The van der Waals surface area contributed by atoms with E-state index in [1.807, 2.05) is 6.92 Å². The van der Waals surface area contributed by atoms with E-state index < -0.39 is 13.8 Å². The van der Waals surface area contributed by atoms with E-state index in [-0.39, 0.29) is 25.7 Å². The zero-order valence-corrected chi connectivity index (χ0v) is 16.5. The minimum atomic E-state index is -2.96. The molecule has 2 N–H and O–H groups in total. The molecule has 27 heavy (non-hydrogen) atoms. The fourth-order valence-electron chi connectivity index (χ4n) is 2.62. The van der Waals surface area contributed by atoms with Gasteiger partial charge in [0.15, 0.2) is 0 Å². The molecule has 11 nitrogen and oxygen atoms in total. The summed E-state index contributed by atoms with van der Waals surface area (Å²) in [7, 11) is -1.21. The first kappa shape index (κ1) is 19.9. The summed E-state index contributed by atoms with van der Waals surface area (Å²) in [4.78, 5) is 23.4. The molecule has 148 valence electrons. The standard InChI is InChI=1S/C14H23BN5O6P/c1-9-5-24-27(15,25-8-22-10(2)21)23-4-3-11(26-9)20-7-19-12-13(16)17-6-18-14(12)20/h6-7,9,11,27H,3-5,8,15H2,1-2H3,(H2,16,17,18)/t9-,11+/m0/s1. The quantitative estimate of drug-likeness (QED) is 0.332. The van der Waals surface area contributed by atoms with Crippen molar-refractivity contribution in [2.75, 3.05) is 25.7 Å². The number of nitrogens with zero attached hydrogens (tertiary/aromatic N) is 4. The van der Waals surface area contributed by atoms with Gasteiger partial charge in [-0.05, 0) is 0 Å². The second-order valence-corrected chi connectivity index (χ2v) is 8.78. The fraction of sp³-hybridized carbons (Fsp3) is 0.571. The Hall–Kier alpha value is -1.85. The van der Waals surface area contributed by atoms with E-state index in [0.717, 1.165) is 0 Å². The van der Waals surface area contributed by atoms with E-state index in [0.29, 0.717) is 30.0 Å². The molecule has 2 aromatic heterocycles. The normalized spacial score (nSPS) is 24.5. The summed E-state index contributed by atoms with van der Waals surface area (Å²) in [6.07, 6.45) is 2.92. The molecule has 2 atom stereocenters. The summed E-state index contributed by atoms with van der Waals surface area (Å²) < 4.78 is 30.0. The molecule has 2 aromatic rings. The molecule has 0 unspecified atom stereocenters. The van der Waals surface area contributed by atoms with Crippen LogP contribution in [0.25, 0.3) is 11.2 Å². The number of nitrogen functional groups attached to an aromatic ring is 1. The first-order valence-corrected chi connectivity index (χ1v) is 10.7. The number of esters is 1. The van der Waals surface area contributed by atoms with Crippen LogP contribution in [0.4, 0.5) is 5.82 Å². The van der Waals surface area contributed by atoms with Gasteiger partial charge in [0.25, 0.3) is 0 Å². The molecule has 0 spiro atoms. The predicted molar refractivity (Wildman–Crippen MR) is 100 cm³/mol. The molecule has 1 fully saturated rings. The zero-order valence-electron chi connectivity index (χ0n) is 15.5. The third-order valence-corrected chi connectivity index (χ3v) is 6.04. The number of carbonyl (C=O) groups is 1. The van der Waals surface area contributed by atoms with Crippen molar-refractivity contribution in [1.29, 1.82) is 0 Å². The van der Waals surface area contributed by atoms with Crippen LogP contribution in [-0.4, -0.2) is 59.2 Å². The molecule has 0 saturated carbocycles. The van der Waals surface area contributed by atoms with Crippen molar-refractivity contribution in [2.45, 2.75) is 32.6 Å². The Morgan fingerprint density at radius 2 is 2.26 bits per heavy atom. The average molecular weight is 399 g/mol. The van der Waals surface area contributed by atoms with Crippen LogP contribution in [0.1, 0.15) is 26.5 Å². The van der Waals surface area contributed by atoms with E-state index >= 15 is 0 Å². The summed E-state index contributed by atoms with van der Waals surface area (Å²) in [5, 5.41) is 0. The summed E-state index contributed by atoms with van der Waals surface area (Å²) in [5.74, 6) is -0.117. The fourth-order valence-corrected chi connectivity index (χ4v) is 4.17. The third kappa shape index (κ3) is 4.91. The third-order valence-electron chi connectivity index (χ3n) is 3.98. The van der Waals surface area contributed by atoms with Crippen molar-refractivity contribution < 1.29 is 27.8 Å². The minimum absolute atomic E-state index is 0.209. The number of carbonyl (C=O) groups excluding carboxylic acids is 1. The number of ether oxygens (including phenoxy) is 2. The van der Waals surface area contributed by atoms with Crippen molar-refractivity contribution in [1.82, 2.24) is 19.5 Å². The van der Waals surface area contributed by atoms with Crippen LogP contribution >= 0.6 is 7.82 Å². The predicted octanol–water partition coefficient (Wildman–Crippen LogP) is 0.329. The van der Waals surface area contributed by atoms with Gasteiger partial charge in [-0.15, -0.1) is 0 Å². The number of imidazole rings is 1. The van der Waals surface area contributed by atoms with E-state index in [9.17, 15) is 4.79 Å². The van der Waals surface area contributed by atoms with Crippen LogP contribution in [0.15, 0.2) is 12.7 Å². The first-order chi connectivity index (χ1) is 12.9. The van der Waals surface area contributed by atoms with Crippen molar-refractivity contribution in [2.24, 2.45) is 0 Å². The Morgan fingerprint density at radius 3 is 3.04 bits per heavy atom. The molecule has 0 aliphatic carbocycles. The second-order valence-electron chi connectivity index (χ2n) is 6.19. The summed E-state index contributed by atoms with van der Waals surface area (Å²) in [6.45, 7) is 3.58. The van der Waals surface area contributed by atoms with Crippen LogP contribution in [0.3, 0.4) is 0 Å². The number of aromatic nitrogens is 4. The van der Waals surface area contributed by atoms with Crippen molar-refractivity contribution in [3.63, 3.8) is 0 Å². The van der Waals surface area contributed by atoms with Gasteiger partial charge in [-0.1, -0.05) is 0 Å². The Labute approximate surface area is 157 Å². The van der Waals surface area contributed by atoms with Gasteiger partial charge in [0.1, 0.15) is 0 Å². The van der Waals surface area contributed by atoms with Gasteiger partial charge >= 0.3 is 157 Å². The molecule has 1 aliphatic rings. The Balaban J connectivity index is 1.73. The Kier molecular flexibility index (Phi) is 6.23.